The zero-order chi connectivity index (χ0) is 19.3. The highest BCUT2D eigenvalue weighted by Gasteiger charge is 2.48. The highest BCUT2D eigenvalue weighted by molar-refractivity contribution is 7.91. The van der Waals surface area contributed by atoms with E-state index in [1.54, 1.807) is 13.8 Å². The van der Waals surface area contributed by atoms with Crippen molar-refractivity contribution in [1.82, 2.24) is 4.31 Å². The van der Waals surface area contributed by atoms with E-state index in [0.29, 0.717) is 12.8 Å². The predicted octanol–water partition coefficient (Wildman–Crippen LogP) is 0.108. The van der Waals surface area contributed by atoms with Crippen LogP contribution >= 0.6 is 11.3 Å². The van der Waals surface area contributed by atoms with Crippen molar-refractivity contribution in [2.45, 2.75) is 48.7 Å². The first-order valence-electron chi connectivity index (χ1n) is 8.16. The van der Waals surface area contributed by atoms with E-state index < -0.39 is 27.4 Å². The zero-order valence-electron chi connectivity index (χ0n) is 14.4. The second-order valence-electron chi connectivity index (χ2n) is 6.74. The first-order valence-corrected chi connectivity index (χ1v) is 10.4. The summed E-state index contributed by atoms with van der Waals surface area (Å²) in [5.74, 6) is -1.52. The zero-order valence-corrected chi connectivity index (χ0v) is 16.0. The van der Waals surface area contributed by atoms with Gasteiger partial charge in [0.05, 0.1) is 17.8 Å². The minimum Gasteiger partial charge on any atom is -0.380 e. The van der Waals surface area contributed by atoms with Crippen LogP contribution in [0.4, 0.5) is 5.00 Å². The van der Waals surface area contributed by atoms with Crippen LogP contribution in [0.25, 0.3) is 0 Å². The van der Waals surface area contributed by atoms with Crippen LogP contribution in [-0.2, 0) is 19.6 Å². The summed E-state index contributed by atoms with van der Waals surface area (Å²) >= 11 is 0.749. The molecule has 2 heterocycles. The Morgan fingerprint density at radius 3 is 2.42 bits per heavy atom. The van der Waals surface area contributed by atoms with Gasteiger partial charge in [0.1, 0.15) is 14.8 Å². The Balaban J connectivity index is 1.91. The molecule has 0 aromatic carbocycles. The van der Waals surface area contributed by atoms with Gasteiger partial charge in [-0.05, 0) is 32.8 Å². The van der Waals surface area contributed by atoms with E-state index in [9.17, 15) is 23.1 Å². The summed E-state index contributed by atoms with van der Waals surface area (Å²) in [5, 5.41) is 12.3. The molecule has 1 aromatic heterocycles. The minimum atomic E-state index is -3.87. The summed E-state index contributed by atoms with van der Waals surface area (Å²) in [6, 6.07) is 1.17. The van der Waals surface area contributed by atoms with Gasteiger partial charge in [0, 0.05) is 13.1 Å². The number of nitrogens with one attached hydrogen (secondary N) is 1. The van der Waals surface area contributed by atoms with Gasteiger partial charge < -0.3 is 20.9 Å². The van der Waals surface area contributed by atoms with Gasteiger partial charge in [-0.2, -0.15) is 4.31 Å². The van der Waals surface area contributed by atoms with Gasteiger partial charge in [-0.3, -0.25) is 9.59 Å². The molecule has 0 bridgehead atoms. The van der Waals surface area contributed by atoms with E-state index in [1.807, 2.05) is 0 Å². The summed E-state index contributed by atoms with van der Waals surface area (Å²) in [4.78, 5) is 23.7. The van der Waals surface area contributed by atoms with Crippen LogP contribution in [0.1, 0.15) is 37.0 Å². The lowest BCUT2D eigenvalue weighted by molar-refractivity contribution is -0.125. The second-order valence-corrected chi connectivity index (χ2v) is 9.95. The maximum Gasteiger partial charge on any atom is 0.256 e. The van der Waals surface area contributed by atoms with E-state index in [2.05, 4.69) is 5.32 Å². The molecule has 144 valence electrons. The number of hydrogen-bond acceptors (Lipinski definition) is 7. The van der Waals surface area contributed by atoms with E-state index in [0.717, 1.165) is 11.3 Å². The molecular weight excluding hydrogens is 382 g/mol. The number of carbonyl (C=O) groups is 2. The van der Waals surface area contributed by atoms with E-state index in [1.165, 1.54) is 10.4 Å². The summed E-state index contributed by atoms with van der Waals surface area (Å²) < 4.78 is 32.6. The largest absolute Gasteiger partial charge is 0.380 e. The topological polar surface area (TPSA) is 139 Å². The van der Waals surface area contributed by atoms with Crippen LogP contribution in [0.3, 0.4) is 0 Å². The summed E-state index contributed by atoms with van der Waals surface area (Å²) in [5.41, 5.74) is 3.77. The number of sulfonamides is 1. The van der Waals surface area contributed by atoms with Crippen LogP contribution in [0.15, 0.2) is 10.3 Å². The summed E-state index contributed by atoms with van der Waals surface area (Å²) in [6.07, 6.45) is 0.134. The van der Waals surface area contributed by atoms with Gasteiger partial charge in [-0.15, -0.1) is 11.3 Å². The number of nitrogens with two attached hydrogens (primary N) is 1. The summed E-state index contributed by atoms with van der Waals surface area (Å²) in [6.45, 7) is 3.95. The van der Waals surface area contributed by atoms with Crippen LogP contribution in [-0.4, -0.2) is 60.5 Å². The second kappa shape index (κ2) is 6.57. The van der Waals surface area contributed by atoms with Gasteiger partial charge in [0.25, 0.3) is 21.8 Å². The lowest BCUT2D eigenvalue weighted by Crippen LogP contribution is -2.47. The Bertz CT molecular complexity index is 836. The maximum absolute atomic E-state index is 12.9. The first kappa shape index (κ1) is 19.2. The average molecular weight is 403 g/mol. The Kier molecular flexibility index (Phi) is 4.86. The van der Waals surface area contributed by atoms with Gasteiger partial charge in [-0.25, -0.2) is 8.42 Å². The lowest BCUT2D eigenvalue weighted by Gasteiger charge is -2.34. The molecule has 3 rings (SSSR count). The van der Waals surface area contributed by atoms with Gasteiger partial charge >= 0.3 is 0 Å². The van der Waals surface area contributed by atoms with Crippen molar-refractivity contribution in [3.63, 3.8) is 0 Å². The predicted molar refractivity (Wildman–Crippen MR) is 94.4 cm³/mol. The van der Waals surface area contributed by atoms with Crippen LogP contribution in [0, 0.1) is 0 Å². The number of ether oxygens (including phenoxy) is 1. The quantitative estimate of drug-likeness (QED) is 0.638. The van der Waals surface area contributed by atoms with Crippen molar-refractivity contribution in [2.75, 3.05) is 18.4 Å². The first-order chi connectivity index (χ1) is 12.0. The monoisotopic (exact) mass is 403 g/mol. The molecule has 0 spiro atoms. The molecule has 0 radical (unpaired) electrons. The standard InChI is InChI=1S/C15H21N3O6S2/c1-8-6-18(7-9(2)24-8)26(22,23)11-5-10(12(16)19)13(25-11)17-14(20)15(21)3-4-15/h5,8-9,21H,3-4,6-7H2,1-2H3,(H2,16,19)(H,17,20). The Hall–Kier alpha value is -1.53. The lowest BCUT2D eigenvalue weighted by atomic mass is 10.3. The van der Waals surface area contributed by atoms with Crippen LogP contribution in [0.2, 0.25) is 0 Å². The molecule has 1 aliphatic carbocycles. The molecular formula is C15H21N3O6S2. The summed E-state index contributed by atoms with van der Waals surface area (Å²) in [7, 11) is -3.87. The number of primary amides is 1. The van der Waals surface area contributed by atoms with Crippen LogP contribution < -0.4 is 11.1 Å². The smallest absolute Gasteiger partial charge is 0.256 e. The number of carbonyl (C=O) groups excluding carboxylic acids is 2. The molecule has 2 amide bonds. The SMILES string of the molecule is CC1CN(S(=O)(=O)c2cc(C(N)=O)c(NC(=O)C3(O)CC3)s2)CC(C)O1. The molecule has 9 nitrogen and oxygen atoms in total. The van der Waals surface area contributed by atoms with Gasteiger partial charge in [-0.1, -0.05) is 0 Å². The van der Waals surface area contributed by atoms with E-state index in [-0.39, 0.29) is 40.1 Å². The fraction of sp³-hybridized carbons (Fsp3) is 0.600. The molecule has 1 saturated carbocycles. The number of thiophene rings is 1. The van der Waals surface area contributed by atoms with Crippen molar-refractivity contribution in [3.8, 4) is 0 Å². The highest BCUT2D eigenvalue weighted by Crippen LogP contribution is 2.39. The van der Waals surface area contributed by atoms with Crippen molar-refractivity contribution in [1.29, 1.82) is 0 Å². The van der Waals surface area contributed by atoms with Crippen molar-refractivity contribution >= 4 is 38.2 Å². The number of rotatable bonds is 5. The third-order valence-corrected chi connectivity index (χ3v) is 7.66. The molecule has 4 N–H and O–H groups in total. The molecule has 2 atom stereocenters. The number of aliphatic hydroxyl groups is 1. The average Bonchev–Trinajstić information content (AvgIpc) is 3.13. The number of nitrogens with zero attached hydrogens (tertiary/aromatic N) is 1. The molecule has 2 aliphatic rings. The number of anilines is 1. The molecule has 2 unspecified atom stereocenters. The molecule has 1 aliphatic heterocycles. The maximum atomic E-state index is 12.9. The molecule has 11 heteroatoms. The van der Waals surface area contributed by atoms with Crippen molar-refractivity contribution in [3.05, 3.63) is 11.6 Å². The third kappa shape index (κ3) is 3.62. The normalized spacial score (nSPS) is 25.7. The van der Waals surface area contributed by atoms with Gasteiger partial charge in [0.2, 0.25) is 0 Å². The minimum absolute atomic E-state index is 0.0238. The Labute approximate surface area is 155 Å². The molecule has 1 aromatic rings. The van der Waals surface area contributed by atoms with E-state index >= 15 is 0 Å². The highest BCUT2D eigenvalue weighted by atomic mass is 32.2. The van der Waals surface area contributed by atoms with Gasteiger partial charge in [0.15, 0.2) is 0 Å². The Morgan fingerprint density at radius 1 is 1.35 bits per heavy atom. The fourth-order valence-electron chi connectivity index (χ4n) is 2.79. The molecule has 26 heavy (non-hydrogen) atoms. The number of amides is 2. The fourth-order valence-corrected chi connectivity index (χ4v) is 5.90. The molecule has 2 fully saturated rings. The van der Waals surface area contributed by atoms with E-state index in [4.69, 9.17) is 10.5 Å². The Morgan fingerprint density at radius 2 is 1.92 bits per heavy atom. The third-order valence-electron chi connectivity index (χ3n) is 4.33. The number of morpholine rings is 1. The van der Waals surface area contributed by atoms with Crippen molar-refractivity contribution < 1.29 is 27.9 Å². The number of hydrogen-bond donors (Lipinski definition) is 3. The van der Waals surface area contributed by atoms with Crippen molar-refractivity contribution in [2.24, 2.45) is 5.73 Å². The molecule has 1 saturated heterocycles. The van der Waals surface area contributed by atoms with Crippen LogP contribution in [0.5, 0.6) is 0 Å².